The SMILES string of the molecule is CN=C(NCCN(C)Cc1ccccc1)Nc1cccc(OCCCOC)c1. The van der Waals surface area contributed by atoms with E-state index in [1.807, 2.05) is 30.3 Å². The number of hydrogen-bond donors (Lipinski definition) is 2. The van der Waals surface area contributed by atoms with Crippen LogP contribution in [0.5, 0.6) is 5.75 Å². The lowest BCUT2D eigenvalue weighted by atomic mass is 10.2. The lowest BCUT2D eigenvalue weighted by molar-refractivity contribution is 0.172. The summed E-state index contributed by atoms with van der Waals surface area (Å²) in [5, 5.41) is 6.66. The Morgan fingerprint density at radius 1 is 1.07 bits per heavy atom. The third-order valence-corrected chi connectivity index (χ3v) is 4.16. The summed E-state index contributed by atoms with van der Waals surface area (Å²) < 4.78 is 10.8. The van der Waals surface area contributed by atoms with Gasteiger partial charge in [0.15, 0.2) is 5.96 Å². The molecular formula is C22H32N4O2. The van der Waals surface area contributed by atoms with E-state index in [-0.39, 0.29) is 0 Å². The van der Waals surface area contributed by atoms with Crippen LogP contribution in [0.25, 0.3) is 0 Å². The average Bonchev–Trinajstić information content (AvgIpc) is 2.71. The number of nitrogens with zero attached hydrogens (tertiary/aromatic N) is 2. The third kappa shape index (κ3) is 8.41. The molecule has 0 saturated heterocycles. The van der Waals surface area contributed by atoms with Crippen molar-refractivity contribution in [2.45, 2.75) is 13.0 Å². The molecule has 6 heteroatoms. The maximum atomic E-state index is 5.75. The van der Waals surface area contributed by atoms with E-state index in [1.54, 1.807) is 14.2 Å². The monoisotopic (exact) mass is 384 g/mol. The highest BCUT2D eigenvalue weighted by atomic mass is 16.5. The lowest BCUT2D eigenvalue weighted by Crippen LogP contribution is -2.36. The van der Waals surface area contributed by atoms with Crippen LogP contribution < -0.4 is 15.4 Å². The summed E-state index contributed by atoms with van der Waals surface area (Å²) in [7, 11) is 5.59. The largest absolute Gasteiger partial charge is 0.493 e. The van der Waals surface area contributed by atoms with E-state index < -0.39 is 0 Å². The summed E-state index contributed by atoms with van der Waals surface area (Å²) in [5.41, 5.74) is 2.25. The number of likely N-dealkylation sites (N-methyl/N-ethyl adjacent to an activating group) is 1. The zero-order chi connectivity index (χ0) is 20.0. The average molecular weight is 385 g/mol. The molecule has 0 aromatic heterocycles. The number of ether oxygens (including phenoxy) is 2. The van der Waals surface area contributed by atoms with Gasteiger partial charge in [0.1, 0.15) is 5.75 Å². The van der Waals surface area contributed by atoms with Gasteiger partial charge >= 0.3 is 0 Å². The zero-order valence-electron chi connectivity index (χ0n) is 17.1. The number of rotatable bonds is 11. The molecule has 0 aliphatic rings. The molecule has 2 N–H and O–H groups in total. The Bertz CT molecular complexity index is 707. The first-order valence-electron chi connectivity index (χ1n) is 9.63. The normalized spacial score (nSPS) is 11.5. The van der Waals surface area contributed by atoms with E-state index in [0.29, 0.717) is 13.2 Å². The fourth-order valence-electron chi connectivity index (χ4n) is 2.71. The van der Waals surface area contributed by atoms with Crippen molar-refractivity contribution in [3.63, 3.8) is 0 Å². The van der Waals surface area contributed by atoms with Crippen LogP contribution in [-0.2, 0) is 11.3 Å². The first-order chi connectivity index (χ1) is 13.7. The first-order valence-corrected chi connectivity index (χ1v) is 9.63. The Morgan fingerprint density at radius 2 is 1.89 bits per heavy atom. The second kappa shape index (κ2) is 12.8. The topological polar surface area (TPSA) is 58.1 Å². The van der Waals surface area contributed by atoms with Crippen molar-refractivity contribution in [1.29, 1.82) is 0 Å². The predicted octanol–water partition coefficient (Wildman–Crippen LogP) is 3.22. The summed E-state index contributed by atoms with van der Waals surface area (Å²) in [5.74, 6) is 1.57. The van der Waals surface area contributed by atoms with Crippen molar-refractivity contribution in [3.8, 4) is 5.75 Å². The van der Waals surface area contributed by atoms with Crippen LogP contribution in [0.1, 0.15) is 12.0 Å². The maximum Gasteiger partial charge on any atom is 0.195 e. The van der Waals surface area contributed by atoms with Crippen LogP contribution in [0.4, 0.5) is 5.69 Å². The van der Waals surface area contributed by atoms with Gasteiger partial charge < -0.3 is 25.0 Å². The van der Waals surface area contributed by atoms with Crippen molar-refractivity contribution in [1.82, 2.24) is 10.2 Å². The second-order valence-electron chi connectivity index (χ2n) is 6.57. The van der Waals surface area contributed by atoms with E-state index in [9.17, 15) is 0 Å². The smallest absolute Gasteiger partial charge is 0.195 e. The molecule has 2 aromatic rings. The molecular weight excluding hydrogens is 352 g/mol. The van der Waals surface area contributed by atoms with E-state index >= 15 is 0 Å². The molecule has 0 fully saturated rings. The molecule has 0 aliphatic carbocycles. The second-order valence-corrected chi connectivity index (χ2v) is 6.57. The van der Waals surface area contributed by atoms with Crippen molar-refractivity contribution in [3.05, 3.63) is 60.2 Å². The Balaban J connectivity index is 1.74. The maximum absolute atomic E-state index is 5.75. The van der Waals surface area contributed by atoms with Crippen LogP contribution in [0.2, 0.25) is 0 Å². The third-order valence-electron chi connectivity index (χ3n) is 4.16. The van der Waals surface area contributed by atoms with Gasteiger partial charge in [-0.2, -0.15) is 0 Å². The summed E-state index contributed by atoms with van der Waals surface area (Å²) in [6.07, 6.45) is 0.869. The molecule has 0 unspecified atom stereocenters. The van der Waals surface area contributed by atoms with E-state index in [0.717, 1.165) is 43.5 Å². The van der Waals surface area contributed by atoms with Gasteiger partial charge in [-0.1, -0.05) is 36.4 Å². The van der Waals surface area contributed by atoms with Crippen LogP contribution >= 0.6 is 0 Å². The number of aliphatic imine (C=N–C) groups is 1. The highest BCUT2D eigenvalue weighted by Gasteiger charge is 2.03. The fourth-order valence-corrected chi connectivity index (χ4v) is 2.71. The molecule has 0 spiro atoms. The Morgan fingerprint density at radius 3 is 2.64 bits per heavy atom. The molecule has 6 nitrogen and oxygen atoms in total. The van der Waals surface area contributed by atoms with Crippen LogP contribution in [0.15, 0.2) is 59.6 Å². The number of anilines is 1. The number of hydrogen-bond acceptors (Lipinski definition) is 4. The van der Waals surface area contributed by atoms with Gasteiger partial charge in [0.05, 0.1) is 6.61 Å². The van der Waals surface area contributed by atoms with Crippen molar-refractivity contribution in [2.75, 3.05) is 52.8 Å². The minimum atomic E-state index is 0.637. The van der Waals surface area contributed by atoms with E-state index in [2.05, 4.69) is 51.8 Å². The molecule has 0 bridgehead atoms. The van der Waals surface area contributed by atoms with Crippen molar-refractivity contribution < 1.29 is 9.47 Å². The molecule has 0 amide bonds. The van der Waals surface area contributed by atoms with Crippen LogP contribution in [0, 0.1) is 0 Å². The number of benzene rings is 2. The van der Waals surface area contributed by atoms with Gasteiger partial charge in [-0.15, -0.1) is 0 Å². The summed E-state index contributed by atoms with van der Waals surface area (Å²) in [4.78, 5) is 6.58. The fraction of sp³-hybridized carbons (Fsp3) is 0.409. The van der Waals surface area contributed by atoms with Gasteiger partial charge in [0.2, 0.25) is 0 Å². The minimum Gasteiger partial charge on any atom is -0.493 e. The summed E-state index contributed by atoms with van der Waals surface area (Å²) in [6, 6.07) is 18.4. The van der Waals surface area contributed by atoms with Gasteiger partial charge in [-0.05, 0) is 24.7 Å². The molecule has 0 heterocycles. The Kier molecular flexibility index (Phi) is 9.89. The number of nitrogens with one attached hydrogen (secondary N) is 2. The number of methoxy groups -OCH3 is 1. The lowest BCUT2D eigenvalue weighted by Gasteiger charge is -2.18. The first kappa shape index (κ1) is 21.7. The molecule has 2 aromatic carbocycles. The molecule has 2 rings (SSSR count). The zero-order valence-corrected chi connectivity index (χ0v) is 17.1. The van der Waals surface area contributed by atoms with Crippen LogP contribution in [-0.4, -0.2) is 58.4 Å². The number of guanidine groups is 1. The molecule has 28 heavy (non-hydrogen) atoms. The highest BCUT2D eigenvalue weighted by Crippen LogP contribution is 2.17. The molecule has 0 aliphatic heterocycles. The van der Waals surface area contributed by atoms with Crippen molar-refractivity contribution >= 4 is 11.6 Å². The predicted molar refractivity (Wildman–Crippen MR) is 116 cm³/mol. The summed E-state index contributed by atoms with van der Waals surface area (Å²) in [6.45, 7) is 3.98. The molecule has 0 radical (unpaired) electrons. The van der Waals surface area contributed by atoms with Gasteiger partial charge in [0.25, 0.3) is 0 Å². The van der Waals surface area contributed by atoms with Gasteiger partial charge in [-0.3, -0.25) is 4.99 Å². The highest BCUT2D eigenvalue weighted by molar-refractivity contribution is 5.93. The van der Waals surface area contributed by atoms with E-state index in [1.165, 1.54) is 5.56 Å². The van der Waals surface area contributed by atoms with Gasteiger partial charge in [-0.25, -0.2) is 0 Å². The Hall–Kier alpha value is -2.57. The van der Waals surface area contributed by atoms with Crippen LogP contribution in [0.3, 0.4) is 0 Å². The summed E-state index contributed by atoms with van der Waals surface area (Å²) >= 11 is 0. The van der Waals surface area contributed by atoms with E-state index in [4.69, 9.17) is 9.47 Å². The quantitative estimate of drug-likeness (QED) is 0.354. The van der Waals surface area contributed by atoms with Crippen molar-refractivity contribution in [2.24, 2.45) is 4.99 Å². The molecule has 152 valence electrons. The standard InChI is InChI=1S/C22H32N4O2/c1-23-22(24-13-14-26(2)18-19-9-5-4-6-10-19)25-20-11-7-12-21(17-20)28-16-8-15-27-3/h4-7,9-12,17H,8,13-16,18H2,1-3H3,(H2,23,24,25). The Labute approximate surface area is 168 Å². The molecule has 0 saturated carbocycles. The van der Waals surface area contributed by atoms with Gasteiger partial charge in [0, 0.05) is 58.6 Å². The minimum absolute atomic E-state index is 0.637. The molecule has 0 atom stereocenters.